The zero-order valence-corrected chi connectivity index (χ0v) is 13.0. The lowest BCUT2D eigenvalue weighted by molar-refractivity contribution is -0.113. The molecule has 0 atom stereocenters. The Balaban J connectivity index is 1.96. The first-order chi connectivity index (χ1) is 9.52. The standard InChI is InChI=1S/C13H19N5OS/c1-5-18-7-6-14-13(18)20-8-11(19)15-12-9(2)16-17(4)10(12)3/h6-7H,5,8H2,1-4H3,(H,15,19). The van der Waals surface area contributed by atoms with Gasteiger partial charge < -0.3 is 9.88 Å². The van der Waals surface area contributed by atoms with E-state index in [2.05, 4.69) is 15.4 Å². The second kappa shape index (κ2) is 6.13. The van der Waals surface area contributed by atoms with E-state index in [-0.39, 0.29) is 5.91 Å². The second-order valence-electron chi connectivity index (χ2n) is 4.50. The summed E-state index contributed by atoms with van der Waals surface area (Å²) >= 11 is 1.44. The van der Waals surface area contributed by atoms with Crippen molar-refractivity contribution >= 4 is 23.4 Å². The Morgan fingerprint density at radius 3 is 2.80 bits per heavy atom. The lowest BCUT2D eigenvalue weighted by atomic mass is 10.3. The Labute approximate surface area is 122 Å². The average molecular weight is 293 g/mol. The molecule has 0 aromatic carbocycles. The minimum Gasteiger partial charge on any atom is -0.326 e. The van der Waals surface area contributed by atoms with Crippen molar-refractivity contribution in [1.29, 1.82) is 0 Å². The Hall–Kier alpha value is -1.76. The van der Waals surface area contributed by atoms with Gasteiger partial charge in [0.15, 0.2) is 5.16 Å². The number of thioether (sulfide) groups is 1. The number of carbonyl (C=O) groups excluding carboxylic acids is 1. The molecule has 1 N–H and O–H groups in total. The predicted octanol–water partition coefficient (Wildman–Crippen LogP) is 1.98. The van der Waals surface area contributed by atoms with Gasteiger partial charge in [-0.2, -0.15) is 5.10 Å². The highest BCUT2D eigenvalue weighted by atomic mass is 32.2. The molecular weight excluding hydrogens is 274 g/mol. The highest BCUT2D eigenvalue weighted by molar-refractivity contribution is 7.99. The Morgan fingerprint density at radius 2 is 2.20 bits per heavy atom. The summed E-state index contributed by atoms with van der Waals surface area (Å²) in [6, 6.07) is 0. The van der Waals surface area contributed by atoms with Gasteiger partial charge in [0.2, 0.25) is 5.91 Å². The quantitative estimate of drug-likeness (QED) is 0.856. The highest BCUT2D eigenvalue weighted by Crippen LogP contribution is 2.20. The smallest absolute Gasteiger partial charge is 0.234 e. The summed E-state index contributed by atoms with van der Waals surface area (Å²) in [6.07, 6.45) is 3.66. The van der Waals surface area contributed by atoms with E-state index in [1.165, 1.54) is 11.8 Å². The van der Waals surface area contributed by atoms with Crippen LogP contribution < -0.4 is 5.32 Å². The molecule has 1 amide bonds. The highest BCUT2D eigenvalue weighted by Gasteiger charge is 2.13. The Kier molecular flexibility index (Phi) is 4.49. The van der Waals surface area contributed by atoms with Crippen LogP contribution in [0.2, 0.25) is 0 Å². The van der Waals surface area contributed by atoms with Crippen LogP contribution in [0, 0.1) is 13.8 Å². The fraction of sp³-hybridized carbons (Fsp3) is 0.462. The fourth-order valence-corrected chi connectivity index (χ4v) is 2.76. The molecule has 0 aliphatic heterocycles. The van der Waals surface area contributed by atoms with Crippen LogP contribution in [-0.2, 0) is 18.4 Å². The number of anilines is 1. The molecule has 2 heterocycles. The Bertz CT molecular complexity index is 616. The second-order valence-corrected chi connectivity index (χ2v) is 5.44. The molecule has 0 unspecified atom stereocenters. The van der Waals surface area contributed by atoms with E-state index < -0.39 is 0 Å². The third-order valence-corrected chi connectivity index (χ3v) is 4.13. The number of rotatable bonds is 5. The summed E-state index contributed by atoms with van der Waals surface area (Å²) in [4.78, 5) is 16.2. The van der Waals surface area contributed by atoms with Crippen molar-refractivity contribution in [1.82, 2.24) is 19.3 Å². The topological polar surface area (TPSA) is 64.7 Å². The summed E-state index contributed by atoms with van der Waals surface area (Å²) in [5.74, 6) is 0.296. The number of hydrogen-bond donors (Lipinski definition) is 1. The molecule has 0 bridgehead atoms. The maximum Gasteiger partial charge on any atom is 0.234 e. The average Bonchev–Trinajstić information content (AvgIpc) is 2.96. The minimum absolute atomic E-state index is 0.0418. The number of hydrogen-bond acceptors (Lipinski definition) is 4. The van der Waals surface area contributed by atoms with Gasteiger partial charge in [0, 0.05) is 26.0 Å². The first-order valence-corrected chi connectivity index (χ1v) is 7.45. The molecule has 2 aromatic rings. The molecule has 0 saturated heterocycles. The number of nitrogens with one attached hydrogen (secondary N) is 1. The molecular formula is C13H19N5OS. The van der Waals surface area contributed by atoms with Gasteiger partial charge in [0.25, 0.3) is 0 Å². The molecule has 0 spiro atoms. The molecule has 7 heteroatoms. The van der Waals surface area contributed by atoms with E-state index in [4.69, 9.17) is 0 Å². The van der Waals surface area contributed by atoms with E-state index in [9.17, 15) is 4.79 Å². The van der Waals surface area contributed by atoms with Crippen molar-refractivity contribution in [2.24, 2.45) is 7.05 Å². The van der Waals surface area contributed by atoms with Gasteiger partial charge in [-0.15, -0.1) is 0 Å². The van der Waals surface area contributed by atoms with Gasteiger partial charge >= 0.3 is 0 Å². The van der Waals surface area contributed by atoms with Crippen LogP contribution in [0.4, 0.5) is 5.69 Å². The molecule has 0 fully saturated rings. The van der Waals surface area contributed by atoms with Gasteiger partial charge in [-0.05, 0) is 20.8 Å². The van der Waals surface area contributed by atoms with Crippen LogP contribution in [-0.4, -0.2) is 31.0 Å². The number of amides is 1. The van der Waals surface area contributed by atoms with Crippen LogP contribution in [0.3, 0.4) is 0 Å². The molecule has 0 radical (unpaired) electrons. The van der Waals surface area contributed by atoms with Crippen molar-refractivity contribution in [3.63, 3.8) is 0 Å². The maximum absolute atomic E-state index is 12.0. The van der Waals surface area contributed by atoms with Gasteiger partial charge in [0.1, 0.15) is 0 Å². The van der Waals surface area contributed by atoms with E-state index in [1.807, 2.05) is 38.6 Å². The molecule has 0 aliphatic carbocycles. The molecule has 6 nitrogen and oxygen atoms in total. The summed E-state index contributed by atoms with van der Waals surface area (Å²) < 4.78 is 3.78. The molecule has 108 valence electrons. The fourth-order valence-electron chi connectivity index (χ4n) is 1.94. The monoisotopic (exact) mass is 293 g/mol. The molecule has 2 rings (SSSR count). The predicted molar refractivity (Wildman–Crippen MR) is 79.9 cm³/mol. The van der Waals surface area contributed by atoms with Crippen molar-refractivity contribution in [2.75, 3.05) is 11.1 Å². The number of imidazole rings is 1. The van der Waals surface area contributed by atoms with E-state index >= 15 is 0 Å². The number of aryl methyl sites for hydroxylation is 3. The van der Waals surface area contributed by atoms with Crippen molar-refractivity contribution in [3.8, 4) is 0 Å². The minimum atomic E-state index is -0.0418. The number of carbonyl (C=O) groups is 1. The normalized spacial score (nSPS) is 10.8. The summed E-state index contributed by atoms with van der Waals surface area (Å²) in [5.41, 5.74) is 2.59. The van der Waals surface area contributed by atoms with Crippen molar-refractivity contribution in [3.05, 3.63) is 23.8 Å². The SMILES string of the molecule is CCn1ccnc1SCC(=O)Nc1c(C)nn(C)c1C. The molecule has 2 aromatic heterocycles. The summed E-state index contributed by atoms with van der Waals surface area (Å²) in [6.45, 7) is 6.73. The van der Waals surface area contributed by atoms with Crippen LogP contribution in [0.15, 0.2) is 17.6 Å². The zero-order chi connectivity index (χ0) is 14.7. The van der Waals surface area contributed by atoms with Gasteiger partial charge in [0.05, 0.1) is 22.8 Å². The zero-order valence-electron chi connectivity index (χ0n) is 12.2. The van der Waals surface area contributed by atoms with Crippen LogP contribution in [0.5, 0.6) is 0 Å². The maximum atomic E-state index is 12.0. The number of nitrogens with zero attached hydrogens (tertiary/aromatic N) is 4. The Morgan fingerprint density at radius 1 is 1.45 bits per heavy atom. The third-order valence-electron chi connectivity index (χ3n) is 3.12. The molecule has 0 saturated carbocycles. The van der Waals surface area contributed by atoms with Gasteiger partial charge in [-0.1, -0.05) is 11.8 Å². The summed E-state index contributed by atoms with van der Waals surface area (Å²) in [7, 11) is 1.87. The molecule has 0 aliphatic rings. The van der Waals surface area contributed by atoms with E-state index in [0.717, 1.165) is 28.8 Å². The van der Waals surface area contributed by atoms with Crippen LogP contribution >= 0.6 is 11.8 Å². The first-order valence-electron chi connectivity index (χ1n) is 6.47. The lowest BCUT2D eigenvalue weighted by Crippen LogP contribution is -2.15. The third kappa shape index (κ3) is 3.04. The van der Waals surface area contributed by atoms with Gasteiger partial charge in [-0.25, -0.2) is 4.98 Å². The van der Waals surface area contributed by atoms with Crippen LogP contribution in [0.25, 0.3) is 0 Å². The molecule has 20 heavy (non-hydrogen) atoms. The first kappa shape index (κ1) is 14.6. The van der Waals surface area contributed by atoms with Crippen molar-refractivity contribution in [2.45, 2.75) is 32.5 Å². The number of aromatic nitrogens is 4. The van der Waals surface area contributed by atoms with E-state index in [0.29, 0.717) is 5.75 Å². The van der Waals surface area contributed by atoms with Crippen molar-refractivity contribution < 1.29 is 4.79 Å². The van der Waals surface area contributed by atoms with E-state index in [1.54, 1.807) is 10.9 Å². The van der Waals surface area contributed by atoms with Gasteiger partial charge in [-0.3, -0.25) is 9.48 Å². The summed E-state index contributed by atoms with van der Waals surface area (Å²) in [5, 5.41) is 8.06. The lowest BCUT2D eigenvalue weighted by Gasteiger charge is -2.06. The largest absolute Gasteiger partial charge is 0.326 e. The van der Waals surface area contributed by atoms with Crippen LogP contribution in [0.1, 0.15) is 18.3 Å².